The largest absolute Gasteiger partial charge is 0.331 e. The number of hydrogen-bond acceptors (Lipinski definition) is 5. The van der Waals surface area contributed by atoms with Crippen LogP contribution in [0.25, 0.3) is 0 Å². The molecule has 108 valence electrons. The maximum Gasteiger partial charge on any atom is 0.330 e. The maximum atomic E-state index is 12.4. The fourth-order valence-corrected chi connectivity index (χ4v) is 4.54. The van der Waals surface area contributed by atoms with Crippen LogP contribution in [-0.2, 0) is 24.0 Å². The molecular weight excluding hydrogens is 262 g/mol. The molecule has 3 saturated carbocycles. The lowest BCUT2D eigenvalue weighted by Gasteiger charge is -2.52. The van der Waals surface area contributed by atoms with Gasteiger partial charge in [-0.15, -0.1) is 5.06 Å². The number of fused-ring (bicyclic) bond motifs is 2. The number of carbonyl (C=O) groups is 4. The standard InChI is InChI=1S/C14H17NO5/c1-6-4-14(3)5-8(17)9(6)10-11(14)13(19)15(12(10)18)20-7(2)16/h6,9-11H,4-5H2,1-3H3/t6?,9-,10?,11?,14+/m0/s1. The van der Waals surface area contributed by atoms with Crippen LogP contribution in [-0.4, -0.2) is 28.6 Å². The summed E-state index contributed by atoms with van der Waals surface area (Å²) in [6, 6.07) is 0. The molecule has 2 bridgehead atoms. The van der Waals surface area contributed by atoms with Crippen molar-refractivity contribution in [3.63, 3.8) is 0 Å². The van der Waals surface area contributed by atoms with Gasteiger partial charge >= 0.3 is 5.97 Å². The van der Waals surface area contributed by atoms with Crippen molar-refractivity contribution in [2.45, 2.75) is 33.6 Å². The molecule has 6 heteroatoms. The van der Waals surface area contributed by atoms with E-state index < -0.39 is 41.0 Å². The Balaban J connectivity index is 2.04. The Morgan fingerprint density at radius 1 is 1.25 bits per heavy atom. The molecule has 1 heterocycles. The lowest BCUT2D eigenvalue weighted by Crippen LogP contribution is -2.56. The number of nitrogens with zero attached hydrogens (tertiary/aromatic N) is 1. The third-order valence-electron chi connectivity index (χ3n) is 5.02. The number of ketones is 1. The smallest absolute Gasteiger partial charge is 0.330 e. The predicted molar refractivity (Wildman–Crippen MR) is 65.6 cm³/mol. The highest BCUT2D eigenvalue weighted by molar-refractivity contribution is 6.08. The lowest BCUT2D eigenvalue weighted by molar-refractivity contribution is -0.197. The number of imide groups is 1. The van der Waals surface area contributed by atoms with Gasteiger partial charge in [0.15, 0.2) is 0 Å². The van der Waals surface area contributed by atoms with Crippen LogP contribution >= 0.6 is 0 Å². The maximum absolute atomic E-state index is 12.4. The molecule has 4 aliphatic rings. The molecule has 0 N–H and O–H groups in total. The molecule has 4 fully saturated rings. The molecule has 4 rings (SSSR count). The molecule has 0 spiro atoms. The molecule has 0 aromatic rings. The van der Waals surface area contributed by atoms with Gasteiger partial charge in [0, 0.05) is 19.3 Å². The molecule has 1 aliphatic heterocycles. The van der Waals surface area contributed by atoms with Gasteiger partial charge in [-0.25, -0.2) is 4.79 Å². The van der Waals surface area contributed by atoms with Gasteiger partial charge in [0.25, 0.3) is 11.8 Å². The summed E-state index contributed by atoms with van der Waals surface area (Å²) in [4.78, 5) is 52.8. The second-order valence-corrected chi connectivity index (χ2v) is 6.56. The third-order valence-corrected chi connectivity index (χ3v) is 5.02. The lowest BCUT2D eigenvalue weighted by atomic mass is 9.48. The van der Waals surface area contributed by atoms with Gasteiger partial charge in [-0.1, -0.05) is 13.8 Å². The monoisotopic (exact) mass is 279 g/mol. The quantitative estimate of drug-likeness (QED) is 0.660. The summed E-state index contributed by atoms with van der Waals surface area (Å²) in [6.45, 7) is 4.98. The van der Waals surface area contributed by atoms with Gasteiger partial charge in [0.1, 0.15) is 5.78 Å². The van der Waals surface area contributed by atoms with E-state index in [0.717, 1.165) is 13.3 Å². The highest BCUT2D eigenvalue weighted by Crippen LogP contribution is 2.60. The summed E-state index contributed by atoms with van der Waals surface area (Å²) >= 11 is 0. The van der Waals surface area contributed by atoms with Gasteiger partial charge < -0.3 is 4.84 Å². The van der Waals surface area contributed by atoms with Crippen molar-refractivity contribution in [1.82, 2.24) is 5.06 Å². The predicted octanol–water partition coefficient (Wildman–Crippen LogP) is 0.701. The van der Waals surface area contributed by atoms with Crippen LogP contribution in [0.2, 0.25) is 0 Å². The van der Waals surface area contributed by atoms with E-state index in [1.165, 1.54) is 0 Å². The highest BCUT2D eigenvalue weighted by atomic mass is 16.7. The fourth-order valence-electron chi connectivity index (χ4n) is 4.54. The van der Waals surface area contributed by atoms with E-state index in [1.54, 1.807) is 0 Å². The van der Waals surface area contributed by atoms with Crippen LogP contribution < -0.4 is 0 Å². The number of hydrogen-bond donors (Lipinski definition) is 0. The summed E-state index contributed by atoms with van der Waals surface area (Å²) in [5.41, 5.74) is -0.502. The van der Waals surface area contributed by atoms with Crippen molar-refractivity contribution in [2.75, 3.05) is 0 Å². The number of amides is 2. The first kappa shape index (κ1) is 13.3. The molecule has 0 aromatic heterocycles. The number of Topliss-reactive ketones (excluding diaryl/α,β-unsaturated/α-hetero) is 1. The van der Waals surface area contributed by atoms with Gasteiger partial charge in [0.2, 0.25) is 0 Å². The van der Waals surface area contributed by atoms with Crippen molar-refractivity contribution in [2.24, 2.45) is 29.1 Å². The molecule has 0 aromatic carbocycles. The van der Waals surface area contributed by atoms with Crippen molar-refractivity contribution in [3.8, 4) is 0 Å². The third kappa shape index (κ3) is 1.50. The Hall–Kier alpha value is -1.72. The van der Waals surface area contributed by atoms with E-state index in [2.05, 4.69) is 0 Å². The van der Waals surface area contributed by atoms with Crippen LogP contribution in [0.3, 0.4) is 0 Å². The van der Waals surface area contributed by atoms with E-state index in [1.807, 2.05) is 13.8 Å². The zero-order valence-corrected chi connectivity index (χ0v) is 11.7. The van der Waals surface area contributed by atoms with E-state index in [4.69, 9.17) is 4.84 Å². The summed E-state index contributed by atoms with van der Waals surface area (Å²) in [6.07, 6.45) is 1.08. The summed E-state index contributed by atoms with van der Waals surface area (Å²) in [7, 11) is 0. The zero-order chi connectivity index (χ0) is 14.8. The molecule has 3 aliphatic carbocycles. The fraction of sp³-hybridized carbons (Fsp3) is 0.714. The molecule has 1 saturated heterocycles. The minimum absolute atomic E-state index is 0.0540. The van der Waals surface area contributed by atoms with Crippen LogP contribution in [0.15, 0.2) is 0 Å². The normalized spacial score (nSPS) is 43.0. The number of carbonyl (C=O) groups excluding carboxylic acids is 4. The first-order valence-electron chi connectivity index (χ1n) is 6.85. The summed E-state index contributed by atoms with van der Waals surface area (Å²) in [5.74, 6) is -3.19. The van der Waals surface area contributed by atoms with Gasteiger partial charge in [-0.3, -0.25) is 14.4 Å². The van der Waals surface area contributed by atoms with E-state index in [-0.39, 0.29) is 11.7 Å². The molecule has 6 nitrogen and oxygen atoms in total. The first-order chi connectivity index (χ1) is 9.26. The average Bonchev–Trinajstić information content (AvgIpc) is 2.53. The molecule has 3 unspecified atom stereocenters. The Morgan fingerprint density at radius 3 is 2.45 bits per heavy atom. The Bertz CT molecular complexity index is 542. The average molecular weight is 279 g/mol. The second kappa shape index (κ2) is 3.90. The molecule has 5 atom stereocenters. The van der Waals surface area contributed by atoms with Crippen LogP contribution in [0.4, 0.5) is 0 Å². The molecule has 20 heavy (non-hydrogen) atoms. The van der Waals surface area contributed by atoms with Gasteiger partial charge in [-0.05, 0) is 17.8 Å². The summed E-state index contributed by atoms with van der Waals surface area (Å²) < 4.78 is 0. The Labute approximate surface area is 116 Å². The summed E-state index contributed by atoms with van der Waals surface area (Å²) in [5, 5.41) is 0.583. The van der Waals surface area contributed by atoms with Gasteiger partial charge in [0.05, 0.1) is 11.8 Å². The Morgan fingerprint density at radius 2 is 1.90 bits per heavy atom. The molecule has 2 amide bonds. The SMILES string of the molecule is CC(=O)ON1C(=O)C2C(C1=O)[C@@]1(C)CC(=O)[C@@H]2C(C)C1. The molecular formula is C14H17NO5. The number of hydroxylamine groups is 2. The second-order valence-electron chi connectivity index (χ2n) is 6.56. The van der Waals surface area contributed by atoms with E-state index >= 15 is 0 Å². The first-order valence-corrected chi connectivity index (χ1v) is 6.85. The highest BCUT2D eigenvalue weighted by Gasteiger charge is 2.68. The van der Waals surface area contributed by atoms with E-state index in [9.17, 15) is 19.2 Å². The molecule has 0 radical (unpaired) electrons. The minimum atomic E-state index is -0.706. The zero-order valence-electron chi connectivity index (χ0n) is 11.7. The number of rotatable bonds is 1. The minimum Gasteiger partial charge on any atom is -0.331 e. The van der Waals surface area contributed by atoms with Crippen LogP contribution in [0.5, 0.6) is 0 Å². The van der Waals surface area contributed by atoms with Crippen LogP contribution in [0.1, 0.15) is 33.6 Å². The topological polar surface area (TPSA) is 80.8 Å². The van der Waals surface area contributed by atoms with Crippen LogP contribution in [0, 0.1) is 29.1 Å². The van der Waals surface area contributed by atoms with Crippen molar-refractivity contribution >= 4 is 23.6 Å². The van der Waals surface area contributed by atoms with E-state index in [0.29, 0.717) is 11.5 Å². The van der Waals surface area contributed by atoms with Crippen molar-refractivity contribution < 1.29 is 24.0 Å². The van der Waals surface area contributed by atoms with Crippen molar-refractivity contribution in [3.05, 3.63) is 0 Å². The Kier molecular flexibility index (Phi) is 2.59. The van der Waals surface area contributed by atoms with Gasteiger partial charge in [-0.2, -0.15) is 0 Å². The van der Waals surface area contributed by atoms with Crippen molar-refractivity contribution in [1.29, 1.82) is 0 Å².